The monoisotopic (exact) mass is 618 g/mol. The largest absolute Gasteiger partial charge is 0.450 e. The number of ether oxygens (including phenoxy) is 2. The normalized spacial score (nSPS) is 11.8. The second-order valence-electron chi connectivity index (χ2n) is 10.7. The summed E-state index contributed by atoms with van der Waals surface area (Å²) < 4.78 is 84.1. The number of pyridine rings is 2. The average Bonchev–Trinajstić information content (AvgIpc) is 3.32. The predicted octanol–water partition coefficient (Wildman–Crippen LogP) is 7.03. The van der Waals surface area contributed by atoms with Gasteiger partial charge in [-0.25, -0.2) is 23.5 Å². The maximum absolute atomic E-state index is 15.0. The van der Waals surface area contributed by atoms with Gasteiger partial charge in [-0.15, -0.1) is 0 Å². The Bertz CT molecular complexity index is 1660. The van der Waals surface area contributed by atoms with Crippen molar-refractivity contribution >= 4 is 30.8 Å². The minimum Gasteiger partial charge on any atom is -0.450 e. The summed E-state index contributed by atoms with van der Waals surface area (Å²) in [6, 6.07) is 7.50. The molecule has 9 nitrogen and oxygen atoms in total. The molecule has 0 unspecified atom stereocenters. The summed E-state index contributed by atoms with van der Waals surface area (Å²) >= 11 is 0. The lowest BCUT2D eigenvalue weighted by Gasteiger charge is -2.15. The number of anilines is 1. The highest BCUT2D eigenvalue weighted by atomic mass is 28.3. The summed E-state index contributed by atoms with van der Waals surface area (Å²) in [6.07, 6.45) is -1.45. The lowest BCUT2D eigenvalue weighted by molar-refractivity contribution is -0.136. The molecule has 3 aromatic heterocycles. The van der Waals surface area contributed by atoms with Gasteiger partial charge in [0.05, 0.1) is 10.9 Å². The molecule has 0 saturated carbocycles. The van der Waals surface area contributed by atoms with Crippen LogP contribution in [-0.4, -0.2) is 35.2 Å². The van der Waals surface area contributed by atoms with Crippen LogP contribution in [0.15, 0.2) is 48.9 Å². The Labute approximate surface area is 244 Å². The third-order valence-corrected chi connectivity index (χ3v) is 7.82. The Kier molecular flexibility index (Phi) is 9.31. The van der Waals surface area contributed by atoms with E-state index in [1.807, 2.05) is 6.07 Å². The highest BCUT2D eigenvalue weighted by Crippen LogP contribution is 2.42. The predicted molar refractivity (Wildman–Crippen MR) is 150 cm³/mol. The standard InChI is InChI=1S/C28H27F5N6O3Si/c1-43(2,3)9-8-41-16-39-15-20(28(31,32)33)24-23(5-7-36-26(24)39)42-25-21(29)11-18(12-22(25)30)38-27(40)37-14-17-4-6-35-19(10-17)13-34/h4-7,10-12,15H,8-9,14,16H2,1-3H3,(H2,37,38,40). The molecule has 3 heterocycles. The third-order valence-electron chi connectivity index (χ3n) is 6.11. The van der Waals surface area contributed by atoms with E-state index in [1.54, 1.807) is 6.07 Å². The first kappa shape index (κ1) is 31.4. The quantitative estimate of drug-likeness (QED) is 0.112. The van der Waals surface area contributed by atoms with Gasteiger partial charge in [0.15, 0.2) is 17.4 Å². The van der Waals surface area contributed by atoms with Crippen LogP contribution in [-0.2, 0) is 24.2 Å². The summed E-state index contributed by atoms with van der Waals surface area (Å²) in [7, 11) is -1.43. The van der Waals surface area contributed by atoms with Gasteiger partial charge in [-0.05, 0) is 29.8 Å². The van der Waals surface area contributed by atoms with Crippen molar-refractivity contribution in [2.45, 2.75) is 45.1 Å². The molecule has 2 amide bonds. The Morgan fingerprint density at radius 2 is 1.79 bits per heavy atom. The van der Waals surface area contributed by atoms with E-state index in [9.17, 15) is 26.7 Å². The molecule has 0 aliphatic heterocycles. The summed E-state index contributed by atoms with van der Waals surface area (Å²) in [5.41, 5.74) is -0.798. The zero-order chi connectivity index (χ0) is 31.4. The number of hydrogen-bond acceptors (Lipinski definition) is 6. The van der Waals surface area contributed by atoms with Gasteiger partial charge in [-0.1, -0.05) is 19.6 Å². The zero-order valence-corrected chi connectivity index (χ0v) is 24.4. The number of fused-ring (bicyclic) bond motifs is 1. The lowest BCUT2D eigenvalue weighted by Crippen LogP contribution is -2.28. The number of nitriles is 1. The van der Waals surface area contributed by atoms with Crippen molar-refractivity contribution in [1.82, 2.24) is 19.9 Å². The van der Waals surface area contributed by atoms with Gasteiger partial charge < -0.3 is 24.7 Å². The molecule has 43 heavy (non-hydrogen) atoms. The molecule has 1 aromatic carbocycles. The summed E-state index contributed by atoms with van der Waals surface area (Å²) in [6.45, 7) is 6.56. The van der Waals surface area contributed by atoms with Crippen LogP contribution in [0.1, 0.15) is 16.8 Å². The van der Waals surface area contributed by atoms with Gasteiger partial charge in [0.25, 0.3) is 0 Å². The number of nitrogens with zero attached hydrogens (tertiary/aromatic N) is 4. The maximum Gasteiger partial charge on any atom is 0.418 e. The molecular weight excluding hydrogens is 591 g/mol. The number of hydrogen-bond donors (Lipinski definition) is 2. The third kappa shape index (κ3) is 8.05. The van der Waals surface area contributed by atoms with Gasteiger partial charge in [0, 0.05) is 57.6 Å². The van der Waals surface area contributed by atoms with Gasteiger partial charge in [0.2, 0.25) is 0 Å². The van der Waals surface area contributed by atoms with Crippen LogP contribution in [0.2, 0.25) is 25.7 Å². The van der Waals surface area contributed by atoms with E-state index in [2.05, 4.69) is 40.2 Å². The van der Waals surface area contributed by atoms with E-state index < -0.39 is 54.4 Å². The fourth-order valence-corrected chi connectivity index (χ4v) is 4.73. The maximum atomic E-state index is 15.0. The second kappa shape index (κ2) is 12.8. The number of carbonyl (C=O) groups excluding carboxylic acids is 1. The smallest absolute Gasteiger partial charge is 0.418 e. The molecule has 0 saturated heterocycles. The molecule has 4 rings (SSSR count). The number of carbonyl (C=O) groups is 1. The first-order chi connectivity index (χ1) is 20.2. The Morgan fingerprint density at radius 3 is 2.44 bits per heavy atom. The molecule has 0 aliphatic carbocycles. The van der Waals surface area contributed by atoms with Crippen LogP contribution in [0, 0.1) is 23.0 Å². The van der Waals surface area contributed by atoms with Gasteiger partial charge in [-0.2, -0.15) is 18.4 Å². The van der Waals surface area contributed by atoms with Crippen LogP contribution >= 0.6 is 0 Å². The van der Waals surface area contributed by atoms with E-state index in [0.29, 0.717) is 12.2 Å². The van der Waals surface area contributed by atoms with Gasteiger partial charge in [-0.3, -0.25) is 0 Å². The number of alkyl halides is 3. The minimum absolute atomic E-state index is 0.00221. The zero-order valence-electron chi connectivity index (χ0n) is 23.4. The molecule has 2 N–H and O–H groups in total. The number of amides is 2. The van der Waals surface area contributed by atoms with Crippen molar-refractivity contribution in [3.8, 4) is 17.6 Å². The minimum atomic E-state index is -4.83. The van der Waals surface area contributed by atoms with Crippen molar-refractivity contribution in [3.63, 3.8) is 0 Å². The van der Waals surface area contributed by atoms with Gasteiger partial charge >= 0.3 is 12.2 Å². The SMILES string of the molecule is C[Si](C)(C)CCOCn1cc(C(F)(F)F)c2c(Oc3c(F)cc(NC(=O)NCc4ccnc(C#N)c4)cc3F)ccnc21. The van der Waals surface area contributed by atoms with Crippen molar-refractivity contribution in [1.29, 1.82) is 5.26 Å². The highest BCUT2D eigenvalue weighted by Gasteiger charge is 2.37. The van der Waals surface area contributed by atoms with Crippen LogP contribution in [0.3, 0.4) is 0 Å². The molecule has 226 valence electrons. The van der Waals surface area contributed by atoms with E-state index in [4.69, 9.17) is 14.7 Å². The summed E-state index contributed by atoms with van der Waals surface area (Å²) in [4.78, 5) is 20.1. The molecule has 0 radical (unpaired) electrons. The molecular formula is C28H27F5N6O3Si. The van der Waals surface area contributed by atoms with Crippen LogP contribution in [0.5, 0.6) is 11.5 Å². The Hall–Kier alpha value is -4.55. The average molecular weight is 619 g/mol. The fourth-order valence-electron chi connectivity index (χ4n) is 3.97. The fraction of sp³-hybridized carbons (Fsp3) is 0.286. The Balaban J connectivity index is 1.53. The number of urea groups is 1. The molecule has 0 aliphatic rings. The molecule has 4 aromatic rings. The molecule has 0 fully saturated rings. The first-order valence-corrected chi connectivity index (χ1v) is 16.7. The van der Waals surface area contributed by atoms with Crippen LogP contribution in [0.25, 0.3) is 11.0 Å². The molecule has 15 heteroatoms. The molecule has 0 bridgehead atoms. The topological polar surface area (TPSA) is 114 Å². The first-order valence-electron chi connectivity index (χ1n) is 12.9. The van der Waals surface area contributed by atoms with E-state index in [1.165, 1.54) is 16.8 Å². The number of benzene rings is 1. The highest BCUT2D eigenvalue weighted by molar-refractivity contribution is 6.76. The summed E-state index contributed by atoms with van der Waals surface area (Å²) in [5, 5.41) is 13.2. The van der Waals surface area contributed by atoms with Gasteiger partial charge in [0.1, 0.15) is 29.9 Å². The molecule has 0 atom stereocenters. The van der Waals surface area contributed by atoms with E-state index >= 15 is 0 Å². The van der Waals surface area contributed by atoms with Crippen LogP contribution < -0.4 is 15.4 Å². The van der Waals surface area contributed by atoms with E-state index in [0.717, 1.165) is 36.6 Å². The second-order valence-corrected chi connectivity index (χ2v) is 16.3. The van der Waals surface area contributed by atoms with Crippen LogP contribution in [0.4, 0.5) is 32.4 Å². The Morgan fingerprint density at radius 1 is 1.09 bits per heavy atom. The van der Waals surface area contributed by atoms with Crippen molar-refractivity contribution in [2.75, 3.05) is 11.9 Å². The molecule has 0 spiro atoms. The number of rotatable bonds is 10. The lowest BCUT2D eigenvalue weighted by atomic mass is 10.2. The van der Waals surface area contributed by atoms with Crippen molar-refractivity contribution < 1.29 is 36.2 Å². The van der Waals surface area contributed by atoms with Crippen molar-refractivity contribution in [2.24, 2.45) is 0 Å². The number of nitrogens with one attached hydrogen (secondary N) is 2. The van der Waals surface area contributed by atoms with E-state index in [-0.39, 0.29) is 30.3 Å². The van der Waals surface area contributed by atoms with Crippen molar-refractivity contribution in [3.05, 3.63) is 77.4 Å². The number of halogens is 5. The number of aromatic nitrogens is 3. The summed E-state index contributed by atoms with van der Waals surface area (Å²) in [5.74, 6) is -3.97.